The van der Waals surface area contributed by atoms with Crippen molar-refractivity contribution in [1.82, 2.24) is 4.90 Å². The number of aryl methyl sites for hydroxylation is 1. The second-order valence-electron chi connectivity index (χ2n) is 5.43. The van der Waals surface area contributed by atoms with Crippen LogP contribution < -0.4 is 9.64 Å². The maximum atomic E-state index is 12.3. The van der Waals surface area contributed by atoms with Crippen molar-refractivity contribution in [3.8, 4) is 5.75 Å². The summed E-state index contributed by atoms with van der Waals surface area (Å²) in [7, 11) is 1.69. The standard InChI is InChI=1S/C17H20N2O3/c1-13-5-6-15(21-2)14(12-13)18-7-9-19(10-8-18)17(20)16-4-3-11-22-16/h3-6,11-12H,7-10H2,1-2H3. The number of nitrogens with zero attached hydrogens (tertiary/aromatic N) is 2. The van der Waals surface area contributed by atoms with Gasteiger partial charge >= 0.3 is 0 Å². The summed E-state index contributed by atoms with van der Waals surface area (Å²) in [6.45, 7) is 4.99. The maximum absolute atomic E-state index is 12.3. The molecule has 1 amide bonds. The highest BCUT2D eigenvalue weighted by atomic mass is 16.5. The first-order valence-electron chi connectivity index (χ1n) is 7.41. The molecule has 116 valence electrons. The fraction of sp³-hybridized carbons (Fsp3) is 0.353. The van der Waals surface area contributed by atoms with Crippen LogP contribution in [-0.2, 0) is 0 Å². The molecule has 0 bridgehead atoms. The van der Waals surface area contributed by atoms with Crippen LogP contribution >= 0.6 is 0 Å². The molecule has 1 aromatic carbocycles. The highest BCUT2D eigenvalue weighted by molar-refractivity contribution is 5.91. The predicted molar refractivity (Wildman–Crippen MR) is 84.6 cm³/mol. The van der Waals surface area contributed by atoms with Crippen LogP contribution in [0.1, 0.15) is 16.1 Å². The van der Waals surface area contributed by atoms with Crippen molar-refractivity contribution in [3.63, 3.8) is 0 Å². The monoisotopic (exact) mass is 300 g/mol. The number of hydrogen-bond donors (Lipinski definition) is 0. The van der Waals surface area contributed by atoms with E-state index in [1.165, 1.54) is 11.8 Å². The van der Waals surface area contributed by atoms with E-state index in [0.29, 0.717) is 18.8 Å². The number of anilines is 1. The molecule has 0 spiro atoms. The maximum Gasteiger partial charge on any atom is 0.289 e. The number of ether oxygens (including phenoxy) is 1. The van der Waals surface area contributed by atoms with Gasteiger partial charge in [0, 0.05) is 26.2 Å². The van der Waals surface area contributed by atoms with Gasteiger partial charge in [-0.2, -0.15) is 0 Å². The van der Waals surface area contributed by atoms with Crippen LogP contribution in [0, 0.1) is 6.92 Å². The third-order valence-corrected chi connectivity index (χ3v) is 3.97. The van der Waals surface area contributed by atoms with Gasteiger partial charge < -0.3 is 19.0 Å². The number of carbonyl (C=O) groups is 1. The number of hydrogen-bond acceptors (Lipinski definition) is 4. The minimum absolute atomic E-state index is 0.0409. The van der Waals surface area contributed by atoms with Crippen molar-refractivity contribution < 1.29 is 13.9 Å². The quantitative estimate of drug-likeness (QED) is 0.874. The van der Waals surface area contributed by atoms with Crippen molar-refractivity contribution in [1.29, 1.82) is 0 Å². The zero-order chi connectivity index (χ0) is 15.5. The van der Waals surface area contributed by atoms with E-state index in [-0.39, 0.29) is 5.91 Å². The van der Waals surface area contributed by atoms with Gasteiger partial charge in [0.2, 0.25) is 0 Å². The Balaban J connectivity index is 1.69. The average molecular weight is 300 g/mol. The van der Waals surface area contributed by atoms with E-state index in [0.717, 1.165) is 24.5 Å². The number of furan rings is 1. The van der Waals surface area contributed by atoms with Crippen LogP contribution in [0.5, 0.6) is 5.75 Å². The Kier molecular flexibility index (Phi) is 4.04. The van der Waals surface area contributed by atoms with Gasteiger partial charge in [-0.25, -0.2) is 0 Å². The summed E-state index contributed by atoms with van der Waals surface area (Å²) in [5.74, 6) is 1.24. The Morgan fingerprint density at radius 2 is 1.95 bits per heavy atom. The van der Waals surface area contributed by atoms with E-state index in [2.05, 4.69) is 17.9 Å². The smallest absolute Gasteiger partial charge is 0.289 e. The van der Waals surface area contributed by atoms with Crippen molar-refractivity contribution in [2.45, 2.75) is 6.92 Å². The molecule has 1 aliphatic heterocycles. The minimum Gasteiger partial charge on any atom is -0.495 e. The third kappa shape index (κ3) is 2.79. The van der Waals surface area contributed by atoms with Crippen LogP contribution in [-0.4, -0.2) is 44.1 Å². The van der Waals surface area contributed by atoms with Crippen molar-refractivity contribution in [2.24, 2.45) is 0 Å². The van der Waals surface area contributed by atoms with Gasteiger partial charge in [-0.15, -0.1) is 0 Å². The highest BCUT2D eigenvalue weighted by Crippen LogP contribution is 2.30. The second-order valence-corrected chi connectivity index (χ2v) is 5.43. The summed E-state index contributed by atoms with van der Waals surface area (Å²) < 4.78 is 10.6. The molecule has 0 saturated carbocycles. The van der Waals surface area contributed by atoms with Crippen LogP contribution in [0.25, 0.3) is 0 Å². The minimum atomic E-state index is -0.0409. The van der Waals surface area contributed by atoms with Gasteiger partial charge in [0.25, 0.3) is 5.91 Å². The lowest BCUT2D eigenvalue weighted by Gasteiger charge is -2.36. The fourth-order valence-corrected chi connectivity index (χ4v) is 2.75. The number of rotatable bonds is 3. The van der Waals surface area contributed by atoms with E-state index < -0.39 is 0 Å². The molecule has 22 heavy (non-hydrogen) atoms. The first kappa shape index (κ1) is 14.5. The van der Waals surface area contributed by atoms with Gasteiger partial charge in [-0.1, -0.05) is 6.07 Å². The molecule has 5 heteroatoms. The zero-order valence-electron chi connectivity index (χ0n) is 12.9. The lowest BCUT2D eigenvalue weighted by molar-refractivity contribution is 0.0714. The van der Waals surface area contributed by atoms with Crippen molar-refractivity contribution in [3.05, 3.63) is 47.9 Å². The molecule has 5 nitrogen and oxygen atoms in total. The number of piperazine rings is 1. The summed E-state index contributed by atoms with van der Waals surface area (Å²) in [5.41, 5.74) is 2.29. The Hall–Kier alpha value is -2.43. The van der Waals surface area contributed by atoms with Gasteiger partial charge in [-0.05, 0) is 36.8 Å². The molecule has 0 aliphatic carbocycles. The van der Waals surface area contributed by atoms with Crippen molar-refractivity contribution >= 4 is 11.6 Å². The Morgan fingerprint density at radius 3 is 2.59 bits per heavy atom. The van der Waals surface area contributed by atoms with Gasteiger partial charge in [0.15, 0.2) is 5.76 Å². The molecule has 2 aromatic rings. The molecule has 1 aliphatic rings. The molecule has 2 heterocycles. The Bertz CT molecular complexity index is 644. The number of methoxy groups -OCH3 is 1. The fourth-order valence-electron chi connectivity index (χ4n) is 2.75. The molecule has 0 unspecified atom stereocenters. The molecule has 1 aromatic heterocycles. The predicted octanol–water partition coefficient (Wildman–Crippen LogP) is 2.56. The Labute approximate surface area is 130 Å². The first-order chi connectivity index (χ1) is 10.7. The summed E-state index contributed by atoms with van der Waals surface area (Å²) in [6.07, 6.45) is 1.53. The number of amides is 1. The summed E-state index contributed by atoms with van der Waals surface area (Å²) in [6, 6.07) is 9.60. The second kappa shape index (κ2) is 6.13. The number of benzene rings is 1. The molecule has 0 radical (unpaired) electrons. The molecule has 1 saturated heterocycles. The third-order valence-electron chi connectivity index (χ3n) is 3.97. The van der Waals surface area contributed by atoms with Crippen LogP contribution in [0.4, 0.5) is 5.69 Å². The molecule has 0 atom stereocenters. The van der Waals surface area contributed by atoms with Gasteiger partial charge in [0.1, 0.15) is 5.75 Å². The molecule has 0 N–H and O–H groups in total. The lowest BCUT2D eigenvalue weighted by atomic mass is 10.1. The van der Waals surface area contributed by atoms with Crippen LogP contribution in [0.2, 0.25) is 0 Å². The van der Waals surface area contributed by atoms with E-state index >= 15 is 0 Å². The van der Waals surface area contributed by atoms with Gasteiger partial charge in [-0.3, -0.25) is 4.79 Å². The zero-order valence-corrected chi connectivity index (χ0v) is 12.9. The average Bonchev–Trinajstić information content (AvgIpc) is 3.09. The first-order valence-corrected chi connectivity index (χ1v) is 7.41. The lowest BCUT2D eigenvalue weighted by Crippen LogP contribution is -2.48. The molecular formula is C17H20N2O3. The normalized spacial score (nSPS) is 15.0. The van der Waals surface area contributed by atoms with Crippen molar-refractivity contribution in [2.75, 3.05) is 38.2 Å². The van der Waals surface area contributed by atoms with Gasteiger partial charge in [0.05, 0.1) is 19.1 Å². The summed E-state index contributed by atoms with van der Waals surface area (Å²) >= 11 is 0. The van der Waals surface area contributed by atoms with E-state index in [1.54, 1.807) is 19.2 Å². The topological polar surface area (TPSA) is 45.9 Å². The molecular weight excluding hydrogens is 280 g/mol. The van der Waals surface area contributed by atoms with E-state index in [9.17, 15) is 4.79 Å². The summed E-state index contributed by atoms with van der Waals surface area (Å²) in [4.78, 5) is 16.4. The largest absolute Gasteiger partial charge is 0.495 e. The molecule has 3 rings (SSSR count). The van der Waals surface area contributed by atoms with Crippen LogP contribution in [0.3, 0.4) is 0 Å². The van der Waals surface area contributed by atoms with E-state index in [4.69, 9.17) is 9.15 Å². The summed E-state index contributed by atoms with van der Waals surface area (Å²) in [5, 5.41) is 0. The van der Waals surface area contributed by atoms with Crippen LogP contribution in [0.15, 0.2) is 41.0 Å². The number of carbonyl (C=O) groups excluding carboxylic acids is 1. The highest BCUT2D eigenvalue weighted by Gasteiger charge is 2.25. The Morgan fingerprint density at radius 1 is 1.18 bits per heavy atom. The van der Waals surface area contributed by atoms with E-state index in [1.807, 2.05) is 17.0 Å². The molecule has 1 fully saturated rings. The SMILES string of the molecule is COc1ccc(C)cc1N1CCN(C(=O)c2ccco2)CC1.